The number of carbonyl (C=O) groups excluding carboxylic acids is 1. The first kappa shape index (κ1) is 17.5. The van der Waals surface area contributed by atoms with E-state index in [9.17, 15) is 9.90 Å². The van der Waals surface area contributed by atoms with E-state index in [1.54, 1.807) is 24.3 Å². The van der Waals surface area contributed by atoms with E-state index in [0.717, 1.165) is 5.56 Å². The number of phenolic OH excluding ortho intramolecular Hbond substituents is 1. The van der Waals surface area contributed by atoms with Gasteiger partial charge in [0.05, 0.1) is 6.04 Å². The summed E-state index contributed by atoms with van der Waals surface area (Å²) in [6.45, 7) is 9.36. The van der Waals surface area contributed by atoms with Gasteiger partial charge in [-0.1, -0.05) is 39.8 Å². The van der Waals surface area contributed by atoms with E-state index in [4.69, 9.17) is 5.73 Å². The van der Waals surface area contributed by atoms with Crippen molar-refractivity contribution in [2.45, 2.75) is 40.2 Å². The number of carbonyl (C=O) groups is 1. The number of nitrogens with two attached hydrogens (primary N) is 1. The van der Waals surface area contributed by atoms with Crippen molar-refractivity contribution in [3.63, 3.8) is 0 Å². The molecule has 1 atom stereocenters. The molecule has 0 bridgehead atoms. The fourth-order valence-electron chi connectivity index (χ4n) is 2.57. The van der Waals surface area contributed by atoms with E-state index >= 15 is 0 Å². The maximum Gasteiger partial charge on any atom is 0.237 e. The molecule has 4 heteroatoms. The minimum atomic E-state index is -0.561. The summed E-state index contributed by atoms with van der Waals surface area (Å²) in [5.74, 6) is 1.61. The Morgan fingerprint density at radius 1 is 1.14 bits per heavy atom. The summed E-state index contributed by atoms with van der Waals surface area (Å²) in [5, 5.41) is 12.2. The van der Waals surface area contributed by atoms with E-state index in [1.165, 1.54) is 0 Å². The third-order valence-electron chi connectivity index (χ3n) is 3.95. The lowest BCUT2D eigenvalue weighted by atomic mass is 9.85. The first-order valence-corrected chi connectivity index (χ1v) is 7.62. The number of phenols is 1. The Morgan fingerprint density at radius 3 is 2.14 bits per heavy atom. The second-order valence-corrected chi connectivity index (χ2v) is 6.37. The lowest BCUT2D eigenvalue weighted by molar-refractivity contribution is -0.122. The van der Waals surface area contributed by atoms with Crippen molar-refractivity contribution in [3.8, 4) is 5.75 Å². The van der Waals surface area contributed by atoms with Crippen LogP contribution in [-0.2, 0) is 11.2 Å². The SMILES string of the molecule is CC(C)C(CNC(=O)[C@@H](N)Cc1ccc(O)cc1)C(C)C. The predicted octanol–water partition coefficient (Wildman–Crippen LogP) is 2.31. The van der Waals surface area contributed by atoms with E-state index in [2.05, 4.69) is 33.0 Å². The predicted molar refractivity (Wildman–Crippen MR) is 86.0 cm³/mol. The summed E-state index contributed by atoms with van der Waals surface area (Å²) in [5.41, 5.74) is 6.90. The van der Waals surface area contributed by atoms with Crippen molar-refractivity contribution in [3.05, 3.63) is 29.8 Å². The normalized spacial score (nSPS) is 13.0. The zero-order chi connectivity index (χ0) is 16.0. The molecule has 0 heterocycles. The molecule has 4 nitrogen and oxygen atoms in total. The van der Waals surface area contributed by atoms with Crippen LogP contribution in [0, 0.1) is 17.8 Å². The van der Waals surface area contributed by atoms with E-state index < -0.39 is 6.04 Å². The molecule has 0 radical (unpaired) electrons. The fourth-order valence-corrected chi connectivity index (χ4v) is 2.57. The van der Waals surface area contributed by atoms with Gasteiger partial charge < -0.3 is 16.2 Å². The number of hydrogen-bond acceptors (Lipinski definition) is 3. The number of nitrogens with one attached hydrogen (secondary N) is 1. The molecule has 21 heavy (non-hydrogen) atoms. The zero-order valence-electron chi connectivity index (χ0n) is 13.5. The van der Waals surface area contributed by atoms with E-state index in [-0.39, 0.29) is 11.7 Å². The van der Waals surface area contributed by atoms with Crippen LogP contribution in [0.5, 0.6) is 5.75 Å². The summed E-state index contributed by atoms with van der Waals surface area (Å²) in [7, 11) is 0. The molecule has 0 fully saturated rings. The van der Waals surface area contributed by atoms with Gasteiger partial charge in [0, 0.05) is 6.54 Å². The van der Waals surface area contributed by atoms with E-state index in [1.807, 2.05) is 0 Å². The number of benzene rings is 1. The fraction of sp³-hybridized carbons (Fsp3) is 0.588. The van der Waals surface area contributed by atoms with Gasteiger partial charge in [-0.3, -0.25) is 4.79 Å². The van der Waals surface area contributed by atoms with Gasteiger partial charge in [0.15, 0.2) is 0 Å². The van der Waals surface area contributed by atoms with Crippen LogP contribution in [0.3, 0.4) is 0 Å². The molecule has 0 saturated heterocycles. The van der Waals surface area contributed by atoms with Crippen LogP contribution in [0.25, 0.3) is 0 Å². The first-order chi connectivity index (χ1) is 9.81. The standard InChI is InChI=1S/C17H28N2O2/c1-11(2)15(12(3)4)10-19-17(21)16(18)9-13-5-7-14(20)8-6-13/h5-8,11-12,15-16,20H,9-10,18H2,1-4H3,(H,19,21)/t16-/m0/s1. The van der Waals surface area contributed by atoms with Crippen LogP contribution in [-0.4, -0.2) is 23.6 Å². The molecule has 1 aromatic rings. The van der Waals surface area contributed by atoms with E-state index in [0.29, 0.717) is 30.7 Å². The summed E-state index contributed by atoms with van der Waals surface area (Å²) in [6.07, 6.45) is 0.472. The van der Waals surface area contributed by atoms with Gasteiger partial charge in [0.25, 0.3) is 0 Å². The van der Waals surface area contributed by atoms with Crippen molar-refractivity contribution >= 4 is 5.91 Å². The topological polar surface area (TPSA) is 75.4 Å². The van der Waals surface area contributed by atoms with Crippen molar-refractivity contribution < 1.29 is 9.90 Å². The molecular formula is C17H28N2O2. The van der Waals surface area contributed by atoms with Crippen LogP contribution in [0.1, 0.15) is 33.3 Å². The molecule has 0 spiro atoms. The van der Waals surface area contributed by atoms with Gasteiger partial charge in [-0.2, -0.15) is 0 Å². The Kier molecular flexibility index (Phi) is 6.69. The zero-order valence-corrected chi connectivity index (χ0v) is 13.5. The number of aromatic hydroxyl groups is 1. The lowest BCUT2D eigenvalue weighted by Gasteiger charge is -2.25. The highest BCUT2D eigenvalue weighted by atomic mass is 16.3. The highest BCUT2D eigenvalue weighted by Gasteiger charge is 2.20. The average molecular weight is 292 g/mol. The van der Waals surface area contributed by atoms with Crippen molar-refractivity contribution in [2.75, 3.05) is 6.54 Å². The summed E-state index contributed by atoms with van der Waals surface area (Å²) in [4.78, 5) is 12.1. The van der Waals surface area contributed by atoms with Gasteiger partial charge in [-0.05, 0) is 41.9 Å². The summed E-state index contributed by atoms with van der Waals surface area (Å²) < 4.78 is 0. The van der Waals surface area contributed by atoms with Crippen molar-refractivity contribution in [2.24, 2.45) is 23.5 Å². The minimum Gasteiger partial charge on any atom is -0.508 e. The maximum atomic E-state index is 12.1. The Balaban J connectivity index is 2.49. The molecule has 1 amide bonds. The molecule has 0 aliphatic heterocycles. The first-order valence-electron chi connectivity index (χ1n) is 7.62. The molecule has 0 aromatic heterocycles. The molecule has 4 N–H and O–H groups in total. The largest absolute Gasteiger partial charge is 0.508 e. The number of amides is 1. The second-order valence-electron chi connectivity index (χ2n) is 6.37. The van der Waals surface area contributed by atoms with Crippen LogP contribution >= 0.6 is 0 Å². The quantitative estimate of drug-likeness (QED) is 0.722. The molecule has 0 saturated carbocycles. The Bertz CT molecular complexity index is 433. The number of rotatable bonds is 7. The molecule has 0 unspecified atom stereocenters. The van der Waals surface area contributed by atoms with Gasteiger partial charge in [0.1, 0.15) is 5.75 Å². The molecular weight excluding hydrogens is 264 g/mol. The average Bonchev–Trinajstić information content (AvgIpc) is 2.40. The van der Waals surface area contributed by atoms with Gasteiger partial charge in [-0.15, -0.1) is 0 Å². The molecule has 0 aliphatic rings. The third kappa shape index (κ3) is 5.76. The number of hydrogen-bond donors (Lipinski definition) is 3. The Hall–Kier alpha value is -1.55. The lowest BCUT2D eigenvalue weighted by Crippen LogP contribution is -2.44. The molecule has 118 valence electrons. The molecule has 1 rings (SSSR count). The minimum absolute atomic E-state index is 0.116. The third-order valence-corrected chi connectivity index (χ3v) is 3.95. The monoisotopic (exact) mass is 292 g/mol. The van der Waals surface area contributed by atoms with Gasteiger partial charge in [0.2, 0.25) is 5.91 Å². The van der Waals surface area contributed by atoms with Gasteiger partial charge in [-0.25, -0.2) is 0 Å². The van der Waals surface area contributed by atoms with Gasteiger partial charge >= 0.3 is 0 Å². The van der Waals surface area contributed by atoms with Crippen LogP contribution in [0.2, 0.25) is 0 Å². The van der Waals surface area contributed by atoms with Crippen LogP contribution in [0.15, 0.2) is 24.3 Å². The van der Waals surface area contributed by atoms with Crippen molar-refractivity contribution in [1.82, 2.24) is 5.32 Å². The summed E-state index contributed by atoms with van der Waals surface area (Å²) >= 11 is 0. The second kappa shape index (κ2) is 8.03. The highest BCUT2D eigenvalue weighted by Crippen LogP contribution is 2.19. The highest BCUT2D eigenvalue weighted by molar-refractivity contribution is 5.81. The van der Waals surface area contributed by atoms with Crippen molar-refractivity contribution in [1.29, 1.82) is 0 Å². The summed E-state index contributed by atoms with van der Waals surface area (Å²) in [6, 6.07) is 6.22. The Labute approximate surface area is 127 Å². The van der Waals surface area contributed by atoms with Crippen LogP contribution in [0.4, 0.5) is 0 Å². The smallest absolute Gasteiger partial charge is 0.237 e. The Morgan fingerprint density at radius 2 is 1.67 bits per heavy atom. The molecule has 1 aromatic carbocycles. The van der Waals surface area contributed by atoms with Crippen LogP contribution < -0.4 is 11.1 Å². The molecule has 0 aliphatic carbocycles. The maximum absolute atomic E-state index is 12.1.